The number of carbonyl (C=O) groups is 1. The van der Waals surface area contributed by atoms with E-state index in [4.69, 9.17) is 4.74 Å². The molecule has 130 valence electrons. The van der Waals surface area contributed by atoms with E-state index in [-0.39, 0.29) is 23.1 Å². The van der Waals surface area contributed by atoms with E-state index in [0.29, 0.717) is 17.4 Å². The van der Waals surface area contributed by atoms with Gasteiger partial charge in [0.25, 0.3) is 0 Å². The zero-order valence-corrected chi connectivity index (χ0v) is 14.7. The number of rotatable bonds is 6. The SMILES string of the molecule is CCOC(=O)c1nc(-c2cnn(C3CC3)c2)n(C)c1S(=O)(=O)CC. The van der Waals surface area contributed by atoms with E-state index in [1.807, 2.05) is 10.9 Å². The fourth-order valence-corrected chi connectivity index (χ4v) is 3.76. The van der Waals surface area contributed by atoms with Crippen molar-refractivity contribution in [1.82, 2.24) is 19.3 Å². The van der Waals surface area contributed by atoms with Gasteiger partial charge in [-0.3, -0.25) is 4.68 Å². The lowest BCUT2D eigenvalue weighted by Crippen LogP contribution is -2.15. The number of hydrogen-bond acceptors (Lipinski definition) is 6. The number of imidazole rings is 1. The van der Waals surface area contributed by atoms with Crippen molar-refractivity contribution in [2.75, 3.05) is 12.4 Å². The number of nitrogens with zero attached hydrogens (tertiary/aromatic N) is 4. The van der Waals surface area contributed by atoms with Crippen LogP contribution in [0.4, 0.5) is 0 Å². The molecule has 0 N–H and O–H groups in total. The molecule has 8 nitrogen and oxygen atoms in total. The van der Waals surface area contributed by atoms with Crippen LogP contribution in [0.25, 0.3) is 11.4 Å². The van der Waals surface area contributed by atoms with Gasteiger partial charge >= 0.3 is 5.97 Å². The van der Waals surface area contributed by atoms with Gasteiger partial charge in [-0.15, -0.1) is 0 Å². The second-order valence-corrected chi connectivity index (χ2v) is 7.91. The summed E-state index contributed by atoms with van der Waals surface area (Å²) in [4.78, 5) is 16.4. The molecule has 0 bridgehead atoms. The summed E-state index contributed by atoms with van der Waals surface area (Å²) in [5.74, 6) is -0.474. The molecule has 0 aromatic carbocycles. The zero-order chi connectivity index (χ0) is 17.5. The Hall–Kier alpha value is -2.16. The largest absolute Gasteiger partial charge is 0.461 e. The van der Waals surface area contributed by atoms with Gasteiger partial charge in [-0.05, 0) is 19.8 Å². The molecule has 2 heterocycles. The smallest absolute Gasteiger partial charge is 0.359 e. The Morgan fingerprint density at radius 2 is 2.08 bits per heavy atom. The van der Waals surface area contributed by atoms with Crippen LogP contribution in [-0.2, 0) is 21.6 Å². The Balaban J connectivity index is 2.13. The number of esters is 1. The Morgan fingerprint density at radius 1 is 1.38 bits per heavy atom. The lowest BCUT2D eigenvalue weighted by molar-refractivity contribution is 0.0515. The zero-order valence-electron chi connectivity index (χ0n) is 13.9. The summed E-state index contributed by atoms with van der Waals surface area (Å²) in [5, 5.41) is 4.18. The highest BCUT2D eigenvalue weighted by atomic mass is 32.2. The van der Waals surface area contributed by atoms with Crippen LogP contribution in [0, 0.1) is 0 Å². The average Bonchev–Trinajstić information content (AvgIpc) is 3.17. The number of ether oxygens (including phenoxy) is 1. The number of hydrogen-bond donors (Lipinski definition) is 0. The van der Waals surface area contributed by atoms with Crippen molar-refractivity contribution < 1.29 is 17.9 Å². The van der Waals surface area contributed by atoms with Gasteiger partial charge in [-0.2, -0.15) is 5.10 Å². The lowest BCUT2D eigenvalue weighted by atomic mass is 10.3. The molecule has 0 unspecified atom stereocenters. The van der Waals surface area contributed by atoms with Gasteiger partial charge in [-0.1, -0.05) is 6.92 Å². The lowest BCUT2D eigenvalue weighted by Gasteiger charge is -2.06. The van der Waals surface area contributed by atoms with E-state index >= 15 is 0 Å². The van der Waals surface area contributed by atoms with Crippen LogP contribution < -0.4 is 0 Å². The standard InChI is InChI=1S/C15H20N4O4S/c1-4-23-15(20)12-14(24(21,22)5-2)18(3)13(17-12)10-8-16-19(9-10)11-6-7-11/h8-9,11H,4-7H2,1-3H3. The van der Waals surface area contributed by atoms with Crippen LogP contribution in [-0.4, -0.2) is 46.1 Å². The Morgan fingerprint density at radius 3 is 2.67 bits per heavy atom. The molecular weight excluding hydrogens is 332 g/mol. The van der Waals surface area contributed by atoms with E-state index in [9.17, 15) is 13.2 Å². The molecule has 0 amide bonds. The number of carbonyl (C=O) groups excluding carboxylic acids is 1. The van der Waals surface area contributed by atoms with Crippen molar-refractivity contribution in [3.63, 3.8) is 0 Å². The maximum Gasteiger partial charge on any atom is 0.359 e. The average molecular weight is 352 g/mol. The summed E-state index contributed by atoms with van der Waals surface area (Å²) in [6, 6.07) is 0.405. The van der Waals surface area contributed by atoms with Gasteiger partial charge in [0.2, 0.25) is 0 Å². The Labute approximate surface area is 140 Å². The molecule has 1 aliphatic rings. The van der Waals surface area contributed by atoms with Crippen LogP contribution in [0.1, 0.15) is 43.2 Å². The molecule has 0 atom stereocenters. The molecule has 1 saturated carbocycles. The highest BCUT2D eigenvalue weighted by Crippen LogP contribution is 2.35. The minimum Gasteiger partial charge on any atom is -0.461 e. The first-order chi connectivity index (χ1) is 11.4. The highest BCUT2D eigenvalue weighted by Gasteiger charge is 2.31. The predicted molar refractivity (Wildman–Crippen MR) is 86.4 cm³/mol. The first-order valence-electron chi connectivity index (χ1n) is 7.90. The summed E-state index contributed by atoms with van der Waals surface area (Å²) >= 11 is 0. The summed E-state index contributed by atoms with van der Waals surface area (Å²) in [6.07, 6.45) is 5.64. The molecule has 2 aromatic heterocycles. The predicted octanol–water partition coefficient (Wildman–Crippen LogP) is 1.59. The molecular formula is C15H20N4O4S. The van der Waals surface area contributed by atoms with Gasteiger partial charge in [0, 0.05) is 13.2 Å². The van der Waals surface area contributed by atoms with Crippen LogP contribution in [0.5, 0.6) is 0 Å². The maximum absolute atomic E-state index is 12.4. The quantitative estimate of drug-likeness (QED) is 0.733. The molecule has 9 heteroatoms. The molecule has 0 radical (unpaired) electrons. The molecule has 0 aliphatic heterocycles. The van der Waals surface area contributed by atoms with E-state index in [2.05, 4.69) is 10.1 Å². The van der Waals surface area contributed by atoms with Crippen LogP contribution in [0.15, 0.2) is 17.4 Å². The van der Waals surface area contributed by atoms with Crippen molar-refractivity contribution in [3.05, 3.63) is 18.1 Å². The minimum atomic E-state index is -3.63. The molecule has 3 rings (SSSR count). The third-order valence-corrected chi connectivity index (χ3v) is 5.78. The van der Waals surface area contributed by atoms with Crippen molar-refractivity contribution in [3.8, 4) is 11.4 Å². The van der Waals surface area contributed by atoms with E-state index < -0.39 is 15.8 Å². The van der Waals surface area contributed by atoms with Gasteiger partial charge in [0.05, 0.1) is 30.2 Å². The van der Waals surface area contributed by atoms with Gasteiger partial charge < -0.3 is 9.30 Å². The monoisotopic (exact) mass is 352 g/mol. The van der Waals surface area contributed by atoms with Crippen LogP contribution in [0.3, 0.4) is 0 Å². The van der Waals surface area contributed by atoms with Gasteiger partial charge in [-0.25, -0.2) is 18.2 Å². The number of aromatic nitrogens is 4. The van der Waals surface area contributed by atoms with Crippen molar-refractivity contribution in [1.29, 1.82) is 0 Å². The molecule has 1 fully saturated rings. The highest BCUT2D eigenvalue weighted by molar-refractivity contribution is 7.91. The maximum atomic E-state index is 12.4. The second kappa shape index (κ2) is 6.04. The molecule has 1 aliphatic carbocycles. The third-order valence-electron chi connectivity index (χ3n) is 3.97. The minimum absolute atomic E-state index is 0.113. The first-order valence-corrected chi connectivity index (χ1v) is 9.55. The Bertz CT molecular complexity index is 877. The van der Waals surface area contributed by atoms with Crippen LogP contribution in [0.2, 0.25) is 0 Å². The van der Waals surface area contributed by atoms with E-state index in [1.165, 1.54) is 11.5 Å². The van der Waals surface area contributed by atoms with Gasteiger partial charge in [0.1, 0.15) is 5.82 Å². The normalized spacial score (nSPS) is 14.8. The fraction of sp³-hybridized carbons (Fsp3) is 0.533. The fourth-order valence-electron chi connectivity index (χ4n) is 2.56. The summed E-state index contributed by atoms with van der Waals surface area (Å²) in [6.45, 7) is 3.34. The second-order valence-electron chi connectivity index (χ2n) is 5.71. The third kappa shape index (κ3) is 2.83. The van der Waals surface area contributed by atoms with E-state index in [1.54, 1.807) is 20.2 Å². The van der Waals surface area contributed by atoms with Crippen molar-refractivity contribution in [2.45, 2.75) is 37.8 Å². The summed E-state index contributed by atoms with van der Waals surface area (Å²) < 4.78 is 33.1. The molecule has 2 aromatic rings. The number of sulfone groups is 1. The molecule has 24 heavy (non-hydrogen) atoms. The summed E-state index contributed by atoms with van der Waals surface area (Å²) in [7, 11) is -2.05. The molecule has 0 saturated heterocycles. The van der Waals surface area contributed by atoms with Crippen LogP contribution >= 0.6 is 0 Å². The molecule has 0 spiro atoms. The topological polar surface area (TPSA) is 96.1 Å². The van der Waals surface area contributed by atoms with Gasteiger partial charge in [0.15, 0.2) is 20.6 Å². The van der Waals surface area contributed by atoms with E-state index in [0.717, 1.165) is 12.8 Å². The Kier molecular flexibility index (Phi) is 4.20. The van der Waals surface area contributed by atoms with Crippen molar-refractivity contribution >= 4 is 15.8 Å². The summed E-state index contributed by atoms with van der Waals surface area (Å²) in [5.41, 5.74) is 0.503. The van der Waals surface area contributed by atoms with Crippen molar-refractivity contribution in [2.24, 2.45) is 7.05 Å². The first kappa shape index (κ1) is 16.7.